The van der Waals surface area contributed by atoms with E-state index in [1.165, 1.54) is 0 Å². The molecule has 0 aromatic heterocycles. The zero-order valence-corrected chi connectivity index (χ0v) is 18.3. The summed E-state index contributed by atoms with van der Waals surface area (Å²) in [5.74, 6) is -0.323. The van der Waals surface area contributed by atoms with E-state index < -0.39 is 23.7 Å². The van der Waals surface area contributed by atoms with Gasteiger partial charge in [0.15, 0.2) is 0 Å². The van der Waals surface area contributed by atoms with Crippen LogP contribution >= 0.6 is 0 Å². The molecule has 1 aromatic carbocycles. The Hall–Kier alpha value is -2.77. The van der Waals surface area contributed by atoms with Gasteiger partial charge in [-0.1, -0.05) is 12.1 Å². The molecule has 0 aliphatic rings. The number of hydrogen-bond donors (Lipinski definition) is 3. The first-order valence-electron chi connectivity index (χ1n) is 10.2. The molecule has 3 N–H and O–H groups in total. The number of aliphatic carboxylic acids is 1. The topological polar surface area (TPSA) is 114 Å². The highest BCUT2D eigenvalue weighted by Gasteiger charge is 2.23. The van der Waals surface area contributed by atoms with Crippen molar-refractivity contribution in [3.8, 4) is 5.75 Å². The van der Waals surface area contributed by atoms with Gasteiger partial charge in [0.2, 0.25) is 5.91 Å². The minimum Gasteiger partial charge on any atom is -0.497 e. The van der Waals surface area contributed by atoms with Crippen molar-refractivity contribution in [1.82, 2.24) is 10.6 Å². The Morgan fingerprint density at radius 2 is 1.73 bits per heavy atom. The first-order chi connectivity index (χ1) is 14.1. The molecule has 8 nitrogen and oxygen atoms in total. The molecule has 0 radical (unpaired) electrons. The fourth-order valence-electron chi connectivity index (χ4n) is 2.74. The van der Waals surface area contributed by atoms with Crippen molar-refractivity contribution in [2.75, 3.05) is 13.7 Å². The van der Waals surface area contributed by atoms with E-state index in [0.29, 0.717) is 25.8 Å². The highest BCUT2D eigenvalue weighted by atomic mass is 16.6. The minimum atomic E-state index is -1.11. The molecule has 0 aliphatic heterocycles. The molecule has 0 spiro atoms. The lowest BCUT2D eigenvalue weighted by Gasteiger charge is -2.22. The quantitative estimate of drug-likeness (QED) is 0.446. The standard InChI is InChI=1S/C22H34N2O6/c1-22(2,3)30-21(28)24-18(20(26)27)9-5-6-15-23-19(25)10-7-8-16-11-13-17(29-4)14-12-16/h11-14,18H,5-10,15H2,1-4H3,(H,23,25)(H,24,28)(H,26,27)/t18-/m0/s1. The summed E-state index contributed by atoms with van der Waals surface area (Å²) in [6.07, 6.45) is 2.70. The molecule has 0 bridgehead atoms. The van der Waals surface area contributed by atoms with Gasteiger partial charge in [-0.3, -0.25) is 4.79 Å². The summed E-state index contributed by atoms with van der Waals surface area (Å²) >= 11 is 0. The van der Waals surface area contributed by atoms with E-state index >= 15 is 0 Å². The molecule has 1 aromatic rings. The summed E-state index contributed by atoms with van der Waals surface area (Å²) in [6, 6.07) is 6.76. The van der Waals surface area contributed by atoms with Gasteiger partial charge in [-0.25, -0.2) is 9.59 Å². The van der Waals surface area contributed by atoms with Crippen LogP contribution in [0.2, 0.25) is 0 Å². The Bertz CT molecular complexity index is 682. The second-order valence-electron chi connectivity index (χ2n) is 8.08. The molecular weight excluding hydrogens is 388 g/mol. The Balaban J connectivity index is 2.18. The van der Waals surface area contributed by atoms with Gasteiger partial charge in [-0.2, -0.15) is 0 Å². The SMILES string of the molecule is COc1ccc(CCCC(=O)NCCCC[C@H](NC(=O)OC(C)(C)C)C(=O)O)cc1. The molecule has 0 unspecified atom stereocenters. The maximum absolute atomic E-state index is 11.9. The van der Waals surface area contributed by atoms with Crippen LogP contribution < -0.4 is 15.4 Å². The van der Waals surface area contributed by atoms with Crippen LogP contribution in [-0.2, 0) is 20.7 Å². The molecule has 1 atom stereocenters. The first kappa shape index (κ1) is 25.3. The van der Waals surface area contributed by atoms with Crippen molar-refractivity contribution in [2.24, 2.45) is 0 Å². The third-order valence-electron chi connectivity index (χ3n) is 4.26. The number of unbranched alkanes of at least 4 members (excludes halogenated alkanes) is 1. The van der Waals surface area contributed by atoms with Gasteiger partial charge in [0.1, 0.15) is 17.4 Å². The number of alkyl carbamates (subject to hydrolysis) is 1. The van der Waals surface area contributed by atoms with Crippen LogP contribution in [0.25, 0.3) is 0 Å². The number of ether oxygens (including phenoxy) is 2. The lowest BCUT2D eigenvalue weighted by molar-refractivity contribution is -0.139. The van der Waals surface area contributed by atoms with Crippen LogP contribution in [0.4, 0.5) is 4.79 Å². The molecule has 30 heavy (non-hydrogen) atoms. The average molecular weight is 423 g/mol. The molecule has 0 saturated carbocycles. The van der Waals surface area contributed by atoms with E-state index in [1.54, 1.807) is 27.9 Å². The summed E-state index contributed by atoms with van der Waals surface area (Å²) in [4.78, 5) is 34.9. The number of aryl methyl sites for hydroxylation is 1. The van der Waals surface area contributed by atoms with Crippen molar-refractivity contribution in [3.05, 3.63) is 29.8 Å². The highest BCUT2D eigenvalue weighted by Crippen LogP contribution is 2.13. The molecular formula is C22H34N2O6. The van der Waals surface area contributed by atoms with E-state index in [1.807, 2.05) is 24.3 Å². The van der Waals surface area contributed by atoms with Crippen LogP contribution in [-0.4, -0.2) is 48.4 Å². The monoisotopic (exact) mass is 422 g/mol. The molecule has 8 heteroatoms. The fraction of sp³-hybridized carbons (Fsp3) is 0.591. The Labute approximate surface area is 178 Å². The normalized spacial score (nSPS) is 12.0. The molecule has 168 valence electrons. The Kier molecular flexibility index (Phi) is 10.7. The van der Waals surface area contributed by atoms with Gasteiger partial charge in [-0.15, -0.1) is 0 Å². The lowest BCUT2D eigenvalue weighted by atomic mass is 10.1. The third-order valence-corrected chi connectivity index (χ3v) is 4.26. The lowest BCUT2D eigenvalue weighted by Crippen LogP contribution is -2.43. The van der Waals surface area contributed by atoms with Gasteiger partial charge >= 0.3 is 12.1 Å². The first-order valence-corrected chi connectivity index (χ1v) is 10.2. The Morgan fingerprint density at radius 1 is 1.07 bits per heavy atom. The average Bonchev–Trinajstić information content (AvgIpc) is 2.65. The number of methoxy groups -OCH3 is 1. The predicted octanol–water partition coefficient (Wildman–Crippen LogP) is 3.28. The second-order valence-corrected chi connectivity index (χ2v) is 8.08. The van der Waals surface area contributed by atoms with Gasteiger partial charge in [0, 0.05) is 13.0 Å². The summed E-state index contributed by atoms with van der Waals surface area (Å²) in [5.41, 5.74) is 0.464. The zero-order chi connectivity index (χ0) is 22.6. The molecule has 0 saturated heterocycles. The number of carboxylic acid groups (broad SMARTS) is 1. The summed E-state index contributed by atoms with van der Waals surface area (Å²) in [7, 11) is 1.62. The maximum Gasteiger partial charge on any atom is 0.408 e. The zero-order valence-electron chi connectivity index (χ0n) is 18.3. The van der Waals surface area contributed by atoms with Gasteiger partial charge < -0.3 is 25.2 Å². The van der Waals surface area contributed by atoms with Gasteiger partial charge in [0.05, 0.1) is 7.11 Å². The Morgan fingerprint density at radius 3 is 2.30 bits per heavy atom. The molecule has 2 amide bonds. The molecule has 1 rings (SSSR count). The molecule has 0 fully saturated rings. The maximum atomic E-state index is 11.9. The predicted molar refractivity (Wildman–Crippen MR) is 114 cm³/mol. The number of carbonyl (C=O) groups excluding carboxylic acids is 2. The number of nitrogens with one attached hydrogen (secondary N) is 2. The van der Waals surface area contributed by atoms with Crippen molar-refractivity contribution in [3.63, 3.8) is 0 Å². The van der Waals surface area contributed by atoms with Crippen LogP contribution in [0.3, 0.4) is 0 Å². The smallest absolute Gasteiger partial charge is 0.408 e. The number of carbonyl (C=O) groups is 3. The number of rotatable bonds is 12. The van der Waals surface area contributed by atoms with Crippen molar-refractivity contribution in [1.29, 1.82) is 0 Å². The van der Waals surface area contributed by atoms with E-state index in [0.717, 1.165) is 24.2 Å². The number of carboxylic acids is 1. The number of hydrogen-bond acceptors (Lipinski definition) is 5. The molecule has 0 heterocycles. The summed E-state index contributed by atoms with van der Waals surface area (Å²) < 4.78 is 10.2. The van der Waals surface area contributed by atoms with Crippen LogP contribution in [0.15, 0.2) is 24.3 Å². The van der Waals surface area contributed by atoms with Crippen molar-refractivity contribution in [2.45, 2.75) is 70.9 Å². The highest BCUT2D eigenvalue weighted by molar-refractivity contribution is 5.80. The van der Waals surface area contributed by atoms with Crippen LogP contribution in [0.5, 0.6) is 5.75 Å². The van der Waals surface area contributed by atoms with Crippen LogP contribution in [0.1, 0.15) is 58.4 Å². The number of benzene rings is 1. The van der Waals surface area contributed by atoms with Gasteiger partial charge in [0.25, 0.3) is 0 Å². The van der Waals surface area contributed by atoms with Crippen molar-refractivity contribution < 1.29 is 29.0 Å². The molecule has 0 aliphatic carbocycles. The summed E-state index contributed by atoms with van der Waals surface area (Å²) in [6.45, 7) is 5.60. The van der Waals surface area contributed by atoms with Crippen LogP contribution in [0, 0.1) is 0 Å². The minimum absolute atomic E-state index is 0.0230. The van der Waals surface area contributed by atoms with E-state index in [2.05, 4.69) is 10.6 Å². The van der Waals surface area contributed by atoms with E-state index in [4.69, 9.17) is 9.47 Å². The van der Waals surface area contributed by atoms with Gasteiger partial charge in [-0.05, 0) is 70.6 Å². The summed E-state index contributed by atoms with van der Waals surface area (Å²) in [5, 5.41) is 14.4. The van der Waals surface area contributed by atoms with E-state index in [-0.39, 0.29) is 12.3 Å². The van der Waals surface area contributed by atoms with E-state index in [9.17, 15) is 19.5 Å². The van der Waals surface area contributed by atoms with Crippen molar-refractivity contribution >= 4 is 18.0 Å². The third kappa shape index (κ3) is 11.3. The largest absolute Gasteiger partial charge is 0.497 e. The second kappa shape index (κ2) is 12.7. The number of amides is 2. The fourth-order valence-corrected chi connectivity index (χ4v) is 2.74.